The number of hydrogen-bond acceptors (Lipinski definition) is 10. The van der Waals surface area contributed by atoms with E-state index in [1.807, 2.05) is 34.1 Å². The van der Waals surface area contributed by atoms with Crippen molar-refractivity contribution in [2.24, 2.45) is 0 Å². The Balaban J connectivity index is 1.14. The van der Waals surface area contributed by atoms with Crippen molar-refractivity contribution in [3.05, 3.63) is 43.1 Å². The topological polar surface area (TPSA) is 138 Å². The van der Waals surface area contributed by atoms with Gasteiger partial charge in [-0.1, -0.05) is 0 Å². The minimum atomic E-state index is -0.435. The highest BCUT2D eigenvalue weighted by Gasteiger charge is 2.46. The highest BCUT2D eigenvalue weighted by atomic mass is 16.5. The molecule has 0 atom stereocenters. The molecule has 2 saturated heterocycles. The van der Waals surface area contributed by atoms with E-state index in [0.29, 0.717) is 42.5 Å². The molecule has 0 unspecified atom stereocenters. The van der Waals surface area contributed by atoms with Crippen LogP contribution in [0, 0.1) is 11.3 Å². The molecule has 0 saturated carbocycles. The first-order valence-corrected chi connectivity index (χ1v) is 12.8. The van der Waals surface area contributed by atoms with Gasteiger partial charge in [-0.2, -0.15) is 20.4 Å². The number of aromatic nitrogens is 7. The lowest BCUT2D eigenvalue weighted by Crippen LogP contribution is -2.63. The Kier molecular flexibility index (Phi) is 6.27. The van der Waals surface area contributed by atoms with Gasteiger partial charge < -0.3 is 24.8 Å². The van der Waals surface area contributed by atoms with Gasteiger partial charge in [0.2, 0.25) is 11.9 Å². The summed E-state index contributed by atoms with van der Waals surface area (Å²) in [6.07, 6.45) is 9.10. The van der Waals surface area contributed by atoms with Crippen LogP contribution in [0.2, 0.25) is 0 Å². The van der Waals surface area contributed by atoms with Crippen LogP contribution in [0.1, 0.15) is 6.42 Å². The number of anilines is 3. The summed E-state index contributed by atoms with van der Waals surface area (Å²) in [4.78, 5) is 23.6. The summed E-state index contributed by atoms with van der Waals surface area (Å²) >= 11 is 0. The summed E-state index contributed by atoms with van der Waals surface area (Å²) in [7, 11) is 3.66. The molecule has 2 fully saturated rings. The van der Waals surface area contributed by atoms with Crippen molar-refractivity contribution in [3.8, 4) is 11.8 Å². The molecule has 14 heteroatoms. The van der Waals surface area contributed by atoms with E-state index in [1.54, 1.807) is 34.9 Å². The number of pyridine rings is 1. The van der Waals surface area contributed by atoms with Crippen molar-refractivity contribution >= 4 is 28.9 Å². The molecule has 0 radical (unpaired) electrons. The number of hydrogen-bond donors (Lipinski definition) is 1. The fourth-order valence-corrected chi connectivity index (χ4v) is 5.12. The highest BCUT2D eigenvalue weighted by molar-refractivity contribution is 5.76. The van der Waals surface area contributed by atoms with E-state index in [4.69, 9.17) is 9.72 Å². The number of carbonyl (C=O) groups excluding carboxylic acids is 1. The normalized spacial score (nSPS) is 17.2. The molecule has 14 nitrogen and oxygen atoms in total. The van der Waals surface area contributed by atoms with Gasteiger partial charge in [0.05, 0.1) is 49.6 Å². The largest absolute Gasteiger partial charge is 0.493 e. The second kappa shape index (κ2) is 9.91. The summed E-state index contributed by atoms with van der Waals surface area (Å²) in [6.45, 7) is 4.64. The lowest BCUT2D eigenvalue weighted by Gasteiger charge is -2.50. The van der Waals surface area contributed by atoms with Crippen molar-refractivity contribution in [3.63, 3.8) is 0 Å². The maximum Gasteiger partial charge on any atom is 0.247 e. The molecule has 6 rings (SSSR count). The predicted octanol–water partition coefficient (Wildman–Crippen LogP) is 0.778. The van der Waals surface area contributed by atoms with E-state index >= 15 is 0 Å². The molecular weight excluding hydrogens is 500 g/mol. The molecule has 202 valence electrons. The fraction of sp³-hybridized carbons (Fsp3) is 0.440. The average Bonchev–Trinajstić information content (AvgIpc) is 3.66. The molecule has 2 aliphatic rings. The second-order valence-electron chi connectivity index (χ2n) is 10.1. The number of methoxy groups -OCH3 is 1. The maximum atomic E-state index is 12.7. The molecule has 39 heavy (non-hydrogen) atoms. The Hall–Kier alpha value is -4.64. The quantitative estimate of drug-likeness (QED) is 0.348. The average molecular weight is 531 g/mol. The summed E-state index contributed by atoms with van der Waals surface area (Å²) < 4.78 is 10.5. The summed E-state index contributed by atoms with van der Waals surface area (Å²) in [6, 6.07) is 6.22. The van der Waals surface area contributed by atoms with E-state index < -0.39 is 5.54 Å². The fourth-order valence-electron chi connectivity index (χ4n) is 5.12. The van der Waals surface area contributed by atoms with E-state index in [9.17, 15) is 10.1 Å². The number of amides is 1. The van der Waals surface area contributed by atoms with Gasteiger partial charge in [0.15, 0.2) is 11.4 Å². The Morgan fingerprint density at radius 3 is 2.74 bits per heavy atom. The van der Waals surface area contributed by atoms with E-state index in [1.165, 1.54) is 0 Å². The Labute approximate surface area is 225 Å². The molecule has 0 aromatic carbocycles. The van der Waals surface area contributed by atoms with Gasteiger partial charge in [-0.05, 0) is 19.2 Å². The van der Waals surface area contributed by atoms with Crippen LogP contribution in [0.3, 0.4) is 0 Å². The first-order chi connectivity index (χ1) is 19.0. The van der Waals surface area contributed by atoms with Crippen LogP contribution >= 0.6 is 0 Å². The summed E-state index contributed by atoms with van der Waals surface area (Å²) in [5.41, 5.74) is 1.87. The number of rotatable bonds is 8. The molecule has 0 spiro atoms. The van der Waals surface area contributed by atoms with Crippen molar-refractivity contribution in [1.29, 1.82) is 5.26 Å². The summed E-state index contributed by atoms with van der Waals surface area (Å²) in [5, 5.41) is 26.0. The van der Waals surface area contributed by atoms with Crippen LogP contribution < -0.4 is 15.0 Å². The third-order valence-corrected chi connectivity index (χ3v) is 7.38. The van der Waals surface area contributed by atoms with Crippen LogP contribution in [0.5, 0.6) is 5.75 Å². The van der Waals surface area contributed by atoms with Gasteiger partial charge in [-0.25, -0.2) is 4.52 Å². The zero-order valence-electron chi connectivity index (χ0n) is 21.9. The molecule has 2 aliphatic heterocycles. The lowest BCUT2D eigenvalue weighted by atomic mass is 9.86. The number of piperazine rings is 1. The zero-order valence-corrected chi connectivity index (χ0v) is 21.9. The van der Waals surface area contributed by atoms with Crippen LogP contribution in [0.25, 0.3) is 5.65 Å². The van der Waals surface area contributed by atoms with Gasteiger partial charge in [0, 0.05) is 51.7 Å². The SMILES string of the molecule is COc1cnn(C2(CC#N)CN(c3cccn4nc(Nc5cnn(CC(=O)N6CCN(C)CC6)c5)nc34)C2)c1. The van der Waals surface area contributed by atoms with Gasteiger partial charge in [-0.3, -0.25) is 14.2 Å². The van der Waals surface area contributed by atoms with E-state index in [2.05, 4.69) is 43.5 Å². The number of nitriles is 1. The lowest BCUT2D eigenvalue weighted by molar-refractivity contribution is -0.133. The smallest absolute Gasteiger partial charge is 0.247 e. The van der Waals surface area contributed by atoms with Crippen LogP contribution in [-0.2, 0) is 16.9 Å². The Bertz CT molecular complexity index is 1520. The van der Waals surface area contributed by atoms with Crippen LogP contribution in [0.4, 0.5) is 17.3 Å². The van der Waals surface area contributed by atoms with Crippen LogP contribution in [-0.4, -0.2) is 103 Å². The zero-order chi connectivity index (χ0) is 27.0. The number of ether oxygens (including phenoxy) is 1. The first-order valence-electron chi connectivity index (χ1n) is 12.8. The minimum Gasteiger partial charge on any atom is -0.493 e. The Morgan fingerprint density at radius 1 is 1.18 bits per heavy atom. The van der Waals surface area contributed by atoms with Crippen molar-refractivity contribution in [1.82, 2.24) is 44.0 Å². The molecule has 4 aromatic heterocycles. The van der Waals surface area contributed by atoms with Gasteiger partial charge in [0.1, 0.15) is 12.1 Å². The van der Waals surface area contributed by atoms with Crippen molar-refractivity contribution < 1.29 is 9.53 Å². The van der Waals surface area contributed by atoms with E-state index in [-0.39, 0.29) is 12.5 Å². The third-order valence-electron chi connectivity index (χ3n) is 7.38. The standard InChI is InChI=1S/C25H30N12O2/c1-32-8-10-33(11-9-32)22(38)16-35-14-19(12-27-35)29-24-30-23-21(4-3-7-36(23)31-24)34-17-25(18-34,5-6-26)37-15-20(39-2)13-28-37/h3-4,7,12-15H,5,8-11,16-18H2,1-2H3,(H,29,31). The molecule has 0 bridgehead atoms. The number of nitrogens with zero attached hydrogens (tertiary/aromatic N) is 11. The van der Waals surface area contributed by atoms with E-state index in [0.717, 1.165) is 31.9 Å². The molecule has 0 aliphatic carbocycles. The predicted molar refractivity (Wildman–Crippen MR) is 142 cm³/mol. The third kappa shape index (κ3) is 4.72. The molecular formula is C25H30N12O2. The number of nitrogens with one attached hydrogen (secondary N) is 1. The number of carbonyl (C=O) groups is 1. The molecule has 1 amide bonds. The Morgan fingerprint density at radius 2 is 2.00 bits per heavy atom. The van der Waals surface area contributed by atoms with Crippen LogP contribution in [0.15, 0.2) is 43.1 Å². The van der Waals surface area contributed by atoms with Crippen molar-refractivity contribution in [2.75, 3.05) is 63.6 Å². The molecule has 1 N–H and O–H groups in total. The summed E-state index contributed by atoms with van der Waals surface area (Å²) in [5.74, 6) is 1.14. The first kappa shape index (κ1) is 24.7. The van der Waals surface area contributed by atoms with Gasteiger partial charge in [0.25, 0.3) is 0 Å². The second-order valence-corrected chi connectivity index (χ2v) is 10.1. The van der Waals surface area contributed by atoms with Gasteiger partial charge >= 0.3 is 0 Å². The minimum absolute atomic E-state index is 0.0591. The number of likely N-dealkylation sites (N-methyl/N-ethyl adjacent to an activating group) is 1. The highest BCUT2D eigenvalue weighted by Crippen LogP contribution is 2.38. The monoisotopic (exact) mass is 530 g/mol. The van der Waals surface area contributed by atoms with Gasteiger partial charge in [-0.15, -0.1) is 5.10 Å². The molecule has 4 aromatic rings. The van der Waals surface area contributed by atoms with Crippen molar-refractivity contribution in [2.45, 2.75) is 18.5 Å². The number of fused-ring (bicyclic) bond motifs is 1. The maximum absolute atomic E-state index is 12.7. The molecule has 6 heterocycles.